The molecular weight excluding hydrogens is 301 g/mol. The predicted molar refractivity (Wildman–Crippen MR) is 76.4 cm³/mol. The molecule has 4 nitrogen and oxygen atoms in total. The fourth-order valence-electron chi connectivity index (χ4n) is 1.49. The smallest absolute Gasteiger partial charge is 0.339 e. The van der Waals surface area contributed by atoms with E-state index in [0.29, 0.717) is 27.1 Å². The van der Waals surface area contributed by atoms with E-state index < -0.39 is 5.97 Å². The molecule has 0 spiro atoms. The molecule has 6 heteroatoms. The fourth-order valence-corrected chi connectivity index (χ4v) is 1.96. The van der Waals surface area contributed by atoms with Crippen LogP contribution in [0.4, 0.5) is 0 Å². The molecule has 0 aliphatic rings. The number of ether oxygens (including phenoxy) is 2. The lowest BCUT2D eigenvalue weighted by molar-refractivity contribution is 0.0600. The molecule has 2 rings (SSSR count). The number of benzene rings is 1. The van der Waals surface area contributed by atoms with Gasteiger partial charge in [0.25, 0.3) is 0 Å². The van der Waals surface area contributed by atoms with Crippen LogP contribution in [-0.2, 0) is 11.3 Å². The van der Waals surface area contributed by atoms with E-state index in [0.717, 1.165) is 0 Å². The monoisotopic (exact) mass is 311 g/mol. The first-order valence-corrected chi connectivity index (χ1v) is 6.47. The van der Waals surface area contributed by atoms with Gasteiger partial charge in [0.15, 0.2) is 0 Å². The number of methoxy groups -OCH3 is 1. The van der Waals surface area contributed by atoms with Crippen molar-refractivity contribution in [2.75, 3.05) is 7.11 Å². The third kappa shape index (κ3) is 3.62. The first-order valence-electron chi connectivity index (χ1n) is 5.71. The van der Waals surface area contributed by atoms with Gasteiger partial charge in [-0.15, -0.1) is 0 Å². The Labute approximate surface area is 126 Å². The molecule has 0 atom stereocenters. The summed E-state index contributed by atoms with van der Waals surface area (Å²) in [7, 11) is 1.32. The summed E-state index contributed by atoms with van der Waals surface area (Å²) in [6.07, 6.45) is 1.44. The minimum atomic E-state index is -0.425. The van der Waals surface area contributed by atoms with Crippen molar-refractivity contribution in [2.45, 2.75) is 6.61 Å². The molecule has 0 saturated carbocycles. The molecule has 1 aromatic carbocycles. The highest BCUT2D eigenvalue weighted by Gasteiger charge is 2.07. The number of carbonyl (C=O) groups excluding carboxylic acids is 1. The number of nitrogens with zero attached hydrogens (tertiary/aromatic N) is 1. The largest absolute Gasteiger partial charge is 0.486 e. The fraction of sp³-hybridized carbons (Fsp3) is 0.143. The number of esters is 1. The molecule has 0 aliphatic carbocycles. The van der Waals surface area contributed by atoms with Gasteiger partial charge in [-0.3, -0.25) is 4.98 Å². The molecule has 0 radical (unpaired) electrons. The summed E-state index contributed by atoms with van der Waals surface area (Å²) in [5, 5.41) is 0.978. The van der Waals surface area contributed by atoms with Crippen LogP contribution in [0.25, 0.3) is 0 Å². The minimum Gasteiger partial charge on any atom is -0.486 e. The highest BCUT2D eigenvalue weighted by atomic mass is 35.5. The lowest BCUT2D eigenvalue weighted by Crippen LogP contribution is -2.04. The molecule has 1 aromatic heterocycles. The average Bonchev–Trinajstić information content (AvgIpc) is 2.46. The number of hydrogen-bond acceptors (Lipinski definition) is 4. The van der Waals surface area contributed by atoms with Crippen LogP contribution < -0.4 is 4.74 Å². The van der Waals surface area contributed by atoms with Gasteiger partial charge in [-0.1, -0.05) is 23.2 Å². The maximum Gasteiger partial charge on any atom is 0.339 e. The molecule has 104 valence electrons. The molecule has 20 heavy (non-hydrogen) atoms. The number of hydrogen-bond donors (Lipinski definition) is 0. The van der Waals surface area contributed by atoms with Crippen LogP contribution in [0.1, 0.15) is 16.1 Å². The summed E-state index contributed by atoms with van der Waals surface area (Å²) in [6.45, 7) is 0.239. The molecule has 0 aliphatic heterocycles. The Hall–Kier alpha value is -1.78. The maximum absolute atomic E-state index is 11.3. The summed E-state index contributed by atoms with van der Waals surface area (Å²) in [6, 6.07) is 8.30. The lowest BCUT2D eigenvalue weighted by atomic mass is 10.2. The van der Waals surface area contributed by atoms with E-state index in [1.165, 1.54) is 13.3 Å². The third-order valence-electron chi connectivity index (χ3n) is 2.52. The summed E-state index contributed by atoms with van der Waals surface area (Å²) in [5.74, 6) is 0.0978. The van der Waals surface area contributed by atoms with Gasteiger partial charge < -0.3 is 9.47 Å². The van der Waals surface area contributed by atoms with E-state index in [4.69, 9.17) is 27.9 Å². The van der Waals surface area contributed by atoms with Gasteiger partial charge in [-0.25, -0.2) is 4.79 Å². The second kappa shape index (κ2) is 6.59. The van der Waals surface area contributed by atoms with Crippen molar-refractivity contribution in [3.8, 4) is 5.75 Å². The molecule has 1 heterocycles. The quantitative estimate of drug-likeness (QED) is 0.807. The van der Waals surface area contributed by atoms with Gasteiger partial charge in [0.05, 0.1) is 23.4 Å². The number of pyridine rings is 1. The lowest BCUT2D eigenvalue weighted by Gasteiger charge is -2.08. The van der Waals surface area contributed by atoms with E-state index in [-0.39, 0.29) is 6.61 Å². The molecule has 0 bridgehead atoms. The van der Waals surface area contributed by atoms with Crippen LogP contribution in [0.5, 0.6) is 5.75 Å². The molecule has 0 fully saturated rings. The van der Waals surface area contributed by atoms with E-state index in [1.807, 2.05) is 0 Å². The summed E-state index contributed by atoms with van der Waals surface area (Å²) < 4.78 is 10.1. The zero-order valence-corrected chi connectivity index (χ0v) is 12.1. The van der Waals surface area contributed by atoms with Crippen LogP contribution in [0.3, 0.4) is 0 Å². The molecule has 2 aromatic rings. The Balaban J connectivity index is 2.02. The van der Waals surface area contributed by atoms with Crippen molar-refractivity contribution in [2.24, 2.45) is 0 Å². The topological polar surface area (TPSA) is 48.4 Å². The van der Waals surface area contributed by atoms with Gasteiger partial charge in [-0.2, -0.15) is 0 Å². The first kappa shape index (κ1) is 14.6. The van der Waals surface area contributed by atoms with Gasteiger partial charge >= 0.3 is 5.97 Å². The van der Waals surface area contributed by atoms with Crippen LogP contribution in [-0.4, -0.2) is 18.1 Å². The molecule has 0 N–H and O–H groups in total. The van der Waals surface area contributed by atoms with E-state index >= 15 is 0 Å². The van der Waals surface area contributed by atoms with E-state index in [2.05, 4.69) is 9.72 Å². The first-order chi connectivity index (χ1) is 9.60. The number of halogens is 2. The number of aromatic nitrogens is 1. The van der Waals surface area contributed by atoms with Crippen molar-refractivity contribution in [3.05, 3.63) is 57.8 Å². The normalized spacial score (nSPS) is 10.2. The maximum atomic E-state index is 11.3. The molecule has 0 unspecified atom stereocenters. The highest BCUT2D eigenvalue weighted by molar-refractivity contribution is 6.35. The second-order valence-corrected chi connectivity index (χ2v) is 4.74. The highest BCUT2D eigenvalue weighted by Crippen LogP contribution is 2.27. The average molecular weight is 312 g/mol. The summed E-state index contributed by atoms with van der Waals surface area (Å²) >= 11 is 11.8. The Kier molecular flexibility index (Phi) is 4.82. The molecule has 0 saturated heterocycles. The van der Waals surface area contributed by atoms with Crippen molar-refractivity contribution >= 4 is 29.2 Å². The van der Waals surface area contributed by atoms with Crippen LogP contribution in [0.2, 0.25) is 10.0 Å². The number of carbonyl (C=O) groups is 1. The standard InChI is InChI=1S/C14H11Cl2NO3/c1-19-14(18)9-2-4-11(17-7-9)8-20-13-5-3-10(15)6-12(13)16/h2-7H,8H2,1H3. The van der Waals surface area contributed by atoms with Gasteiger partial charge in [0.1, 0.15) is 12.4 Å². The van der Waals surface area contributed by atoms with E-state index in [9.17, 15) is 4.79 Å². The van der Waals surface area contributed by atoms with Crippen molar-refractivity contribution in [1.29, 1.82) is 0 Å². The summed E-state index contributed by atoms with van der Waals surface area (Å²) in [4.78, 5) is 15.4. The van der Waals surface area contributed by atoms with Gasteiger partial charge in [0, 0.05) is 11.2 Å². The Morgan fingerprint density at radius 1 is 1.25 bits per heavy atom. The Morgan fingerprint density at radius 3 is 2.65 bits per heavy atom. The van der Waals surface area contributed by atoms with Crippen molar-refractivity contribution < 1.29 is 14.3 Å². The summed E-state index contributed by atoms with van der Waals surface area (Å²) in [5.41, 5.74) is 1.06. The third-order valence-corrected chi connectivity index (χ3v) is 3.05. The van der Waals surface area contributed by atoms with Crippen LogP contribution in [0.15, 0.2) is 36.5 Å². The minimum absolute atomic E-state index is 0.239. The Morgan fingerprint density at radius 2 is 2.05 bits per heavy atom. The predicted octanol–water partition coefficient (Wildman–Crippen LogP) is 3.75. The van der Waals surface area contributed by atoms with Crippen molar-refractivity contribution in [3.63, 3.8) is 0 Å². The zero-order chi connectivity index (χ0) is 14.5. The molecular formula is C14H11Cl2NO3. The van der Waals surface area contributed by atoms with E-state index in [1.54, 1.807) is 30.3 Å². The van der Waals surface area contributed by atoms with Crippen LogP contribution in [0, 0.1) is 0 Å². The van der Waals surface area contributed by atoms with Crippen molar-refractivity contribution in [1.82, 2.24) is 4.98 Å². The van der Waals surface area contributed by atoms with Crippen LogP contribution >= 0.6 is 23.2 Å². The van der Waals surface area contributed by atoms with Gasteiger partial charge in [0.2, 0.25) is 0 Å². The zero-order valence-electron chi connectivity index (χ0n) is 10.6. The Bertz CT molecular complexity index is 614. The number of rotatable bonds is 4. The SMILES string of the molecule is COC(=O)c1ccc(COc2ccc(Cl)cc2Cl)nc1. The second-order valence-electron chi connectivity index (χ2n) is 3.89. The molecule has 0 amide bonds. The van der Waals surface area contributed by atoms with Gasteiger partial charge in [-0.05, 0) is 30.3 Å².